The third kappa shape index (κ3) is 7.78. The summed E-state index contributed by atoms with van der Waals surface area (Å²) >= 11 is 0. The van der Waals surface area contributed by atoms with Gasteiger partial charge in [0.2, 0.25) is 0 Å². The minimum Gasteiger partial charge on any atom is -0.380 e. The second-order valence-electron chi connectivity index (χ2n) is 2.70. The highest BCUT2D eigenvalue weighted by Gasteiger charge is 1.94. The van der Waals surface area contributed by atoms with Crippen LogP contribution in [0.5, 0.6) is 0 Å². The monoisotopic (exact) mass is 160 g/mol. The summed E-state index contributed by atoms with van der Waals surface area (Å²) in [5, 5.41) is 3.08. The van der Waals surface area contributed by atoms with Crippen LogP contribution in [0.1, 0.15) is 13.3 Å². The standard InChI is InChI=1S/C8H20N2O/c1-4-6-11-7-5-10(3)8-9-2/h9H,4-8H2,1-3H3. The fourth-order valence-corrected chi connectivity index (χ4v) is 0.816. The van der Waals surface area contributed by atoms with Gasteiger partial charge in [0, 0.05) is 19.8 Å². The molecule has 11 heavy (non-hydrogen) atoms. The van der Waals surface area contributed by atoms with Gasteiger partial charge in [-0.25, -0.2) is 0 Å². The van der Waals surface area contributed by atoms with Crippen molar-refractivity contribution in [2.24, 2.45) is 0 Å². The third-order valence-corrected chi connectivity index (χ3v) is 1.39. The summed E-state index contributed by atoms with van der Waals surface area (Å²) in [6, 6.07) is 0. The van der Waals surface area contributed by atoms with Crippen LogP contribution in [-0.4, -0.2) is 45.4 Å². The predicted octanol–water partition coefficient (Wildman–Crippen LogP) is 0.522. The molecular weight excluding hydrogens is 140 g/mol. The van der Waals surface area contributed by atoms with Crippen LogP contribution in [-0.2, 0) is 4.74 Å². The quantitative estimate of drug-likeness (QED) is 0.434. The molecule has 0 aliphatic rings. The van der Waals surface area contributed by atoms with Gasteiger partial charge in [0.15, 0.2) is 0 Å². The first kappa shape index (κ1) is 10.9. The van der Waals surface area contributed by atoms with Crippen molar-refractivity contribution in [3.63, 3.8) is 0 Å². The molecule has 0 bridgehead atoms. The van der Waals surface area contributed by atoms with Crippen LogP contribution in [0.2, 0.25) is 0 Å². The van der Waals surface area contributed by atoms with Crippen LogP contribution in [0.25, 0.3) is 0 Å². The van der Waals surface area contributed by atoms with Crippen molar-refractivity contribution >= 4 is 0 Å². The van der Waals surface area contributed by atoms with Crippen LogP contribution in [0.15, 0.2) is 0 Å². The zero-order chi connectivity index (χ0) is 8.53. The Morgan fingerprint density at radius 1 is 1.36 bits per heavy atom. The lowest BCUT2D eigenvalue weighted by Crippen LogP contribution is -2.31. The van der Waals surface area contributed by atoms with Crippen molar-refractivity contribution in [1.29, 1.82) is 0 Å². The van der Waals surface area contributed by atoms with Crippen LogP contribution < -0.4 is 5.32 Å². The molecule has 0 spiro atoms. The van der Waals surface area contributed by atoms with Gasteiger partial charge < -0.3 is 10.1 Å². The van der Waals surface area contributed by atoms with Gasteiger partial charge in [-0.15, -0.1) is 0 Å². The number of hydrogen-bond donors (Lipinski definition) is 1. The first-order valence-electron chi connectivity index (χ1n) is 4.22. The summed E-state index contributed by atoms with van der Waals surface area (Å²) in [6.45, 7) is 5.77. The van der Waals surface area contributed by atoms with Gasteiger partial charge in [0.25, 0.3) is 0 Å². The Bertz CT molecular complexity index is 78.5. The normalized spacial score (nSPS) is 10.9. The number of likely N-dealkylation sites (N-methyl/N-ethyl adjacent to an activating group) is 1. The number of hydrogen-bond acceptors (Lipinski definition) is 3. The molecule has 0 rings (SSSR count). The summed E-state index contributed by atoms with van der Waals surface area (Å²) < 4.78 is 5.33. The highest BCUT2D eigenvalue weighted by Crippen LogP contribution is 1.82. The molecular formula is C8H20N2O. The van der Waals surface area contributed by atoms with E-state index in [1.807, 2.05) is 7.05 Å². The number of rotatable bonds is 7. The fraction of sp³-hybridized carbons (Fsp3) is 1.00. The molecule has 0 saturated heterocycles. The predicted molar refractivity (Wildman–Crippen MR) is 47.7 cm³/mol. The summed E-state index contributed by atoms with van der Waals surface area (Å²) in [6.07, 6.45) is 1.11. The van der Waals surface area contributed by atoms with E-state index in [-0.39, 0.29) is 0 Å². The summed E-state index contributed by atoms with van der Waals surface area (Å²) in [5.41, 5.74) is 0. The number of nitrogens with one attached hydrogen (secondary N) is 1. The van der Waals surface area contributed by atoms with Gasteiger partial charge in [-0.1, -0.05) is 6.92 Å². The molecule has 0 amide bonds. The molecule has 0 aliphatic heterocycles. The summed E-state index contributed by atoms with van der Waals surface area (Å²) in [7, 11) is 4.02. The Kier molecular flexibility index (Phi) is 7.89. The Hall–Kier alpha value is -0.120. The van der Waals surface area contributed by atoms with Gasteiger partial charge in [-0.2, -0.15) is 0 Å². The maximum Gasteiger partial charge on any atom is 0.0593 e. The zero-order valence-corrected chi connectivity index (χ0v) is 7.89. The van der Waals surface area contributed by atoms with Crippen LogP contribution in [0.4, 0.5) is 0 Å². The molecule has 0 aliphatic carbocycles. The van der Waals surface area contributed by atoms with Crippen molar-refractivity contribution in [3.05, 3.63) is 0 Å². The van der Waals surface area contributed by atoms with Gasteiger partial charge in [0.05, 0.1) is 6.61 Å². The Labute approximate surface area is 69.7 Å². The second kappa shape index (κ2) is 7.98. The van der Waals surface area contributed by atoms with Crippen LogP contribution in [0, 0.1) is 0 Å². The van der Waals surface area contributed by atoms with Crippen molar-refractivity contribution < 1.29 is 4.74 Å². The zero-order valence-electron chi connectivity index (χ0n) is 7.89. The maximum absolute atomic E-state index is 5.33. The van der Waals surface area contributed by atoms with Crippen molar-refractivity contribution in [2.75, 3.05) is 40.5 Å². The molecule has 0 unspecified atom stereocenters. The van der Waals surface area contributed by atoms with Gasteiger partial charge in [0.1, 0.15) is 0 Å². The van der Waals surface area contributed by atoms with Gasteiger partial charge >= 0.3 is 0 Å². The average Bonchev–Trinajstić information content (AvgIpc) is 1.99. The van der Waals surface area contributed by atoms with E-state index in [2.05, 4.69) is 24.2 Å². The molecule has 0 aromatic heterocycles. The summed E-state index contributed by atoms with van der Waals surface area (Å²) in [5.74, 6) is 0. The molecule has 0 fully saturated rings. The van der Waals surface area contributed by atoms with E-state index >= 15 is 0 Å². The van der Waals surface area contributed by atoms with Crippen molar-refractivity contribution in [3.8, 4) is 0 Å². The molecule has 0 aromatic carbocycles. The topological polar surface area (TPSA) is 24.5 Å². The van der Waals surface area contributed by atoms with Crippen LogP contribution in [0.3, 0.4) is 0 Å². The SMILES string of the molecule is CCCOCCN(C)CNC. The van der Waals surface area contributed by atoms with Gasteiger partial charge in [-0.3, -0.25) is 4.90 Å². The highest BCUT2D eigenvalue weighted by atomic mass is 16.5. The van der Waals surface area contributed by atoms with E-state index < -0.39 is 0 Å². The van der Waals surface area contributed by atoms with Crippen molar-refractivity contribution in [2.45, 2.75) is 13.3 Å². The van der Waals surface area contributed by atoms with E-state index in [0.29, 0.717) is 0 Å². The molecule has 0 atom stereocenters. The lowest BCUT2D eigenvalue weighted by molar-refractivity contribution is 0.110. The smallest absolute Gasteiger partial charge is 0.0593 e. The van der Waals surface area contributed by atoms with E-state index in [1.165, 1.54) is 0 Å². The highest BCUT2D eigenvalue weighted by molar-refractivity contribution is 4.45. The lowest BCUT2D eigenvalue weighted by Gasteiger charge is -2.15. The van der Waals surface area contributed by atoms with E-state index in [9.17, 15) is 0 Å². The minimum atomic E-state index is 0.839. The van der Waals surface area contributed by atoms with E-state index in [0.717, 1.165) is 32.8 Å². The third-order valence-electron chi connectivity index (χ3n) is 1.39. The lowest BCUT2D eigenvalue weighted by atomic mass is 10.5. The molecule has 3 heteroatoms. The molecule has 0 saturated carbocycles. The molecule has 68 valence electrons. The van der Waals surface area contributed by atoms with Crippen molar-refractivity contribution in [1.82, 2.24) is 10.2 Å². The Morgan fingerprint density at radius 2 is 2.09 bits per heavy atom. The number of nitrogens with zero attached hydrogens (tertiary/aromatic N) is 1. The van der Waals surface area contributed by atoms with E-state index in [4.69, 9.17) is 4.74 Å². The number of ether oxygens (including phenoxy) is 1. The fourth-order valence-electron chi connectivity index (χ4n) is 0.816. The average molecular weight is 160 g/mol. The summed E-state index contributed by atoms with van der Waals surface area (Å²) in [4.78, 5) is 2.19. The van der Waals surface area contributed by atoms with Gasteiger partial charge in [-0.05, 0) is 20.5 Å². The molecule has 0 heterocycles. The first-order valence-corrected chi connectivity index (χ1v) is 4.22. The maximum atomic E-state index is 5.33. The Morgan fingerprint density at radius 3 is 2.64 bits per heavy atom. The Balaban J connectivity index is 2.97. The van der Waals surface area contributed by atoms with Crippen LogP contribution >= 0.6 is 0 Å². The molecule has 3 nitrogen and oxygen atoms in total. The first-order chi connectivity index (χ1) is 5.31. The largest absolute Gasteiger partial charge is 0.380 e. The van der Waals surface area contributed by atoms with E-state index in [1.54, 1.807) is 0 Å². The molecule has 0 radical (unpaired) electrons. The molecule has 0 aromatic rings. The molecule has 1 N–H and O–H groups in total. The minimum absolute atomic E-state index is 0.839. The second-order valence-corrected chi connectivity index (χ2v) is 2.70.